The lowest BCUT2D eigenvalue weighted by molar-refractivity contribution is 1.17. The van der Waals surface area contributed by atoms with E-state index in [1.807, 2.05) is 59.1 Å². The topological polar surface area (TPSA) is 56.2 Å². The summed E-state index contributed by atoms with van der Waals surface area (Å²) in [5, 5.41) is 0. The van der Waals surface area contributed by atoms with Crippen LogP contribution in [-0.2, 0) is 0 Å². The van der Waals surface area contributed by atoms with E-state index in [1.165, 1.54) is 0 Å². The fourth-order valence-electron chi connectivity index (χ4n) is 2.47. The Kier molecular flexibility index (Phi) is 2.68. The maximum Gasteiger partial charge on any atom is 0.180 e. The van der Waals surface area contributed by atoms with Gasteiger partial charge in [0.25, 0.3) is 0 Å². The van der Waals surface area contributed by atoms with Crippen LogP contribution in [0.4, 0.5) is 5.82 Å². The van der Waals surface area contributed by atoms with E-state index in [0.717, 1.165) is 26.8 Å². The van der Waals surface area contributed by atoms with E-state index < -0.39 is 0 Å². The highest BCUT2D eigenvalue weighted by atomic mass is 79.9. The highest BCUT2D eigenvalue weighted by molar-refractivity contribution is 9.10. The second kappa shape index (κ2) is 4.56. The van der Waals surface area contributed by atoms with E-state index in [9.17, 15) is 0 Å². The quantitative estimate of drug-likeness (QED) is 0.572. The SMILES string of the molecule is Nc1nc(-c2cccc(Br)c2)cn2c1nc1ccccc12. The molecule has 0 fully saturated rings. The van der Waals surface area contributed by atoms with Crippen LogP contribution in [0.2, 0.25) is 0 Å². The van der Waals surface area contributed by atoms with Crippen LogP contribution in [0, 0.1) is 0 Å². The minimum Gasteiger partial charge on any atom is -0.381 e. The van der Waals surface area contributed by atoms with Gasteiger partial charge in [-0.2, -0.15) is 0 Å². The molecular formula is C16H11BrN4. The first-order valence-corrected chi connectivity index (χ1v) is 7.31. The van der Waals surface area contributed by atoms with Gasteiger partial charge in [-0.3, -0.25) is 4.40 Å². The number of nitrogens with two attached hydrogens (primary N) is 1. The lowest BCUT2D eigenvalue weighted by Crippen LogP contribution is -1.99. The van der Waals surface area contributed by atoms with E-state index in [-0.39, 0.29) is 0 Å². The van der Waals surface area contributed by atoms with Crippen molar-refractivity contribution < 1.29 is 0 Å². The number of aromatic nitrogens is 3. The average molecular weight is 339 g/mol. The van der Waals surface area contributed by atoms with Crippen molar-refractivity contribution in [2.75, 3.05) is 5.73 Å². The van der Waals surface area contributed by atoms with Crippen LogP contribution in [-0.4, -0.2) is 14.4 Å². The highest BCUT2D eigenvalue weighted by Crippen LogP contribution is 2.26. The number of nitrogens with zero attached hydrogens (tertiary/aromatic N) is 3. The number of halogens is 1. The molecule has 2 heterocycles. The zero-order chi connectivity index (χ0) is 14.4. The summed E-state index contributed by atoms with van der Waals surface area (Å²) < 4.78 is 3.00. The molecule has 4 nitrogen and oxygen atoms in total. The summed E-state index contributed by atoms with van der Waals surface area (Å²) in [4.78, 5) is 9.01. The zero-order valence-electron chi connectivity index (χ0n) is 11.0. The first kappa shape index (κ1) is 12.3. The van der Waals surface area contributed by atoms with Crippen LogP contribution in [0.25, 0.3) is 27.9 Å². The van der Waals surface area contributed by atoms with E-state index in [2.05, 4.69) is 25.9 Å². The van der Waals surface area contributed by atoms with Gasteiger partial charge >= 0.3 is 0 Å². The Labute approximate surface area is 129 Å². The number of hydrogen-bond acceptors (Lipinski definition) is 3. The van der Waals surface area contributed by atoms with Crippen molar-refractivity contribution in [2.45, 2.75) is 0 Å². The van der Waals surface area contributed by atoms with Crippen LogP contribution < -0.4 is 5.73 Å². The van der Waals surface area contributed by atoms with Crippen molar-refractivity contribution in [3.8, 4) is 11.3 Å². The van der Waals surface area contributed by atoms with E-state index in [0.29, 0.717) is 11.5 Å². The largest absolute Gasteiger partial charge is 0.381 e. The Morgan fingerprint density at radius 3 is 2.71 bits per heavy atom. The minimum atomic E-state index is 0.434. The lowest BCUT2D eigenvalue weighted by Gasteiger charge is -2.05. The van der Waals surface area contributed by atoms with E-state index in [4.69, 9.17) is 5.73 Å². The fraction of sp³-hybridized carbons (Fsp3) is 0. The van der Waals surface area contributed by atoms with Crippen molar-refractivity contribution in [1.82, 2.24) is 14.4 Å². The molecule has 2 N–H and O–H groups in total. The van der Waals surface area contributed by atoms with Crippen LogP contribution in [0.3, 0.4) is 0 Å². The number of hydrogen-bond donors (Lipinski definition) is 1. The molecule has 0 atom stereocenters. The first-order valence-electron chi connectivity index (χ1n) is 6.51. The molecule has 0 saturated carbocycles. The van der Waals surface area contributed by atoms with Crippen molar-refractivity contribution >= 4 is 38.4 Å². The summed E-state index contributed by atoms with van der Waals surface area (Å²) in [5.41, 5.74) is 10.6. The molecule has 5 heteroatoms. The van der Waals surface area contributed by atoms with Gasteiger partial charge in [0.15, 0.2) is 11.5 Å². The Morgan fingerprint density at radius 1 is 1.00 bits per heavy atom. The summed E-state index contributed by atoms with van der Waals surface area (Å²) in [7, 11) is 0. The number of rotatable bonds is 1. The van der Waals surface area contributed by atoms with E-state index in [1.54, 1.807) is 0 Å². The molecule has 4 rings (SSSR count). The molecule has 0 aliphatic heterocycles. The molecular weight excluding hydrogens is 328 g/mol. The molecule has 0 amide bonds. The predicted molar refractivity (Wildman–Crippen MR) is 88.0 cm³/mol. The van der Waals surface area contributed by atoms with Gasteiger partial charge in [-0.15, -0.1) is 0 Å². The van der Waals surface area contributed by atoms with Crippen LogP contribution in [0.15, 0.2) is 59.2 Å². The normalized spacial score (nSPS) is 11.3. The van der Waals surface area contributed by atoms with Crippen LogP contribution >= 0.6 is 15.9 Å². The number of imidazole rings is 1. The lowest BCUT2D eigenvalue weighted by atomic mass is 10.2. The molecule has 0 unspecified atom stereocenters. The van der Waals surface area contributed by atoms with Gasteiger partial charge in [-0.05, 0) is 24.3 Å². The van der Waals surface area contributed by atoms with Gasteiger partial charge in [0.05, 0.1) is 16.7 Å². The molecule has 0 spiro atoms. The van der Waals surface area contributed by atoms with Crippen molar-refractivity contribution in [3.63, 3.8) is 0 Å². The van der Waals surface area contributed by atoms with E-state index >= 15 is 0 Å². The second-order valence-electron chi connectivity index (χ2n) is 4.82. The van der Waals surface area contributed by atoms with Crippen molar-refractivity contribution in [3.05, 3.63) is 59.2 Å². The van der Waals surface area contributed by atoms with Gasteiger partial charge in [0, 0.05) is 16.2 Å². The molecule has 0 aliphatic rings. The third-order valence-electron chi connectivity index (χ3n) is 3.44. The summed E-state index contributed by atoms with van der Waals surface area (Å²) >= 11 is 3.48. The summed E-state index contributed by atoms with van der Waals surface area (Å²) in [6.07, 6.45) is 1.98. The van der Waals surface area contributed by atoms with Gasteiger partial charge in [0.2, 0.25) is 0 Å². The molecule has 2 aromatic heterocycles. The number of fused-ring (bicyclic) bond motifs is 3. The third-order valence-corrected chi connectivity index (χ3v) is 3.93. The average Bonchev–Trinajstić information content (AvgIpc) is 2.87. The highest BCUT2D eigenvalue weighted by Gasteiger charge is 2.10. The monoisotopic (exact) mass is 338 g/mol. The zero-order valence-corrected chi connectivity index (χ0v) is 12.6. The van der Waals surface area contributed by atoms with Crippen LogP contribution in [0.1, 0.15) is 0 Å². The molecule has 102 valence electrons. The maximum absolute atomic E-state index is 6.09. The molecule has 0 bridgehead atoms. The smallest absolute Gasteiger partial charge is 0.180 e. The summed E-state index contributed by atoms with van der Waals surface area (Å²) in [5.74, 6) is 0.434. The Balaban J connectivity index is 2.06. The van der Waals surface area contributed by atoms with Crippen molar-refractivity contribution in [2.24, 2.45) is 0 Å². The van der Waals surface area contributed by atoms with Gasteiger partial charge in [-0.25, -0.2) is 9.97 Å². The predicted octanol–water partition coefficient (Wildman–Crippen LogP) is 3.89. The standard InChI is InChI=1S/C16H11BrN4/c17-11-5-3-4-10(8-11)13-9-21-14-7-2-1-6-12(14)20-16(21)15(18)19-13/h1-9H,(H2,18,19). The Hall–Kier alpha value is -2.40. The molecule has 0 saturated heterocycles. The number of nitrogen functional groups attached to an aromatic ring is 1. The molecule has 4 aromatic rings. The van der Waals surface area contributed by atoms with Gasteiger partial charge < -0.3 is 5.73 Å². The van der Waals surface area contributed by atoms with Crippen molar-refractivity contribution in [1.29, 1.82) is 0 Å². The molecule has 21 heavy (non-hydrogen) atoms. The summed E-state index contributed by atoms with van der Waals surface area (Å²) in [6.45, 7) is 0. The third kappa shape index (κ3) is 1.97. The number of anilines is 1. The second-order valence-corrected chi connectivity index (χ2v) is 5.73. The molecule has 2 aromatic carbocycles. The minimum absolute atomic E-state index is 0.434. The van der Waals surface area contributed by atoms with Crippen LogP contribution in [0.5, 0.6) is 0 Å². The summed E-state index contributed by atoms with van der Waals surface area (Å²) in [6, 6.07) is 16.0. The maximum atomic E-state index is 6.09. The number of para-hydroxylation sites is 2. The fourth-order valence-corrected chi connectivity index (χ4v) is 2.87. The number of benzene rings is 2. The Morgan fingerprint density at radius 2 is 1.86 bits per heavy atom. The molecule has 0 radical (unpaired) electrons. The first-order chi connectivity index (χ1) is 10.2. The van der Waals surface area contributed by atoms with Gasteiger partial charge in [-0.1, -0.05) is 40.2 Å². The van der Waals surface area contributed by atoms with Gasteiger partial charge in [0.1, 0.15) is 0 Å². The Bertz CT molecular complexity index is 975. The molecule has 0 aliphatic carbocycles.